The molecule has 0 atom stereocenters. The summed E-state index contributed by atoms with van der Waals surface area (Å²) in [4.78, 5) is 18.6. The molecule has 0 fully saturated rings. The van der Waals surface area contributed by atoms with Crippen molar-refractivity contribution in [2.75, 3.05) is 19.1 Å². The smallest absolute Gasteiger partial charge is 0.302 e. The highest BCUT2D eigenvalue weighted by molar-refractivity contribution is 7.97. The maximum atomic E-state index is 9.82. The first-order valence-electron chi connectivity index (χ1n) is 3.53. The highest BCUT2D eigenvalue weighted by atomic mass is 32.2. The molecule has 0 aromatic carbocycles. The lowest BCUT2D eigenvalue weighted by atomic mass is 10.8. The molecule has 0 aliphatic rings. The van der Waals surface area contributed by atoms with E-state index in [1.165, 1.54) is 13.8 Å². The van der Waals surface area contributed by atoms with Crippen molar-refractivity contribution in [3.63, 3.8) is 0 Å². The first kappa shape index (κ1) is 17.5. The molecule has 0 bridgehead atoms. The van der Waals surface area contributed by atoms with Crippen LogP contribution in [-0.2, 0) is 14.3 Å². The minimum atomic E-state index is -0.211. The number of thioether (sulfide) groups is 1. The van der Waals surface area contributed by atoms with Gasteiger partial charge in [-0.15, -0.1) is 0 Å². The van der Waals surface area contributed by atoms with Crippen LogP contribution < -0.4 is 0 Å². The van der Waals surface area contributed by atoms with E-state index in [9.17, 15) is 4.79 Å². The van der Waals surface area contributed by atoms with Crippen molar-refractivity contribution in [1.29, 1.82) is 0 Å². The molecule has 0 aromatic heterocycles. The van der Waals surface area contributed by atoms with Crippen LogP contribution >= 0.6 is 11.8 Å². The number of aldehydes is 1. The van der Waals surface area contributed by atoms with Crippen LogP contribution in [0, 0.1) is 0 Å². The first-order valence-corrected chi connectivity index (χ1v) is 5.17. The molecule has 0 heterocycles. The van der Waals surface area contributed by atoms with Gasteiger partial charge in [0, 0.05) is 6.92 Å². The summed E-state index contributed by atoms with van der Waals surface area (Å²) < 4.78 is 4.40. The SMILES string of the molecule is CC=O.CCOC(C)=O.CSC. The van der Waals surface area contributed by atoms with Gasteiger partial charge < -0.3 is 9.53 Å². The minimum Gasteiger partial charge on any atom is -0.466 e. The fraction of sp³-hybridized carbons (Fsp3) is 0.750. The van der Waals surface area contributed by atoms with E-state index in [0.29, 0.717) is 6.61 Å². The maximum absolute atomic E-state index is 9.82. The predicted molar refractivity (Wildman–Crippen MR) is 53.5 cm³/mol. The second-order valence-corrected chi connectivity index (χ2v) is 2.39. The largest absolute Gasteiger partial charge is 0.466 e. The number of carbonyl (C=O) groups is 2. The molecule has 0 aliphatic carbocycles. The van der Waals surface area contributed by atoms with Gasteiger partial charge in [-0.05, 0) is 26.4 Å². The molecule has 4 heteroatoms. The number of ether oxygens (including phenoxy) is 1. The number of hydrogen-bond acceptors (Lipinski definition) is 4. The molecule has 3 nitrogen and oxygen atoms in total. The van der Waals surface area contributed by atoms with Crippen molar-refractivity contribution < 1.29 is 14.3 Å². The Bertz CT molecular complexity index is 94.3. The predicted octanol–water partition coefficient (Wildman–Crippen LogP) is 1.75. The van der Waals surface area contributed by atoms with Crippen LogP contribution in [-0.4, -0.2) is 31.4 Å². The van der Waals surface area contributed by atoms with Crippen LogP contribution in [0.15, 0.2) is 0 Å². The Hall–Kier alpha value is -0.510. The average Bonchev–Trinajstić information content (AvgIpc) is 1.89. The van der Waals surface area contributed by atoms with Crippen LogP contribution in [0.5, 0.6) is 0 Å². The maximum Gasteiger partial charge on any atom is 0.302 e. The van der Waals surface area contributed by atoms with Gasteiger partial charge in [0.15, 0.2) is 0 Å². The van der Waals surface area contributed by atoms with Gasteiger partial charge in [-0.3, -0.25) is 4.79 Å². The van der Waals surface area contributed by atoms with E-state index in [1.807, 2.05) is 12.5 Å². The molecule has 0 rings (SSSR count). The summed E-state index contributed by atoms with van der Waals surface area (Å²) in [6.45, 7) is 5.10. The van der Waals surface area contributed by atoms with Crippen LogP contribution in [0.1, 0.15) is 20.8 Å². The first-order chi connectivity index (χ1) is 5.60. The normalized spacial score (nSPS) is 6.42. The Morgan fingerprint density at radius 1 is 1.50 bits per heavy atom. The van der Waals surface area contributed by atoms with Crippen molar-refractivity contribution in [1.82, 2.24) is 0 Å². The Labute approximate surface area is 78.9 Å². The Balaban J connectivity index is -0.000000115. The molecule has 0 radical (unpaired) electrons. The van der Waals surface area contributed by atoms with Crippen molar-refractivity contribution >= 4 is 24.0 Å². The number of rotatable bonds is 1. The van der Waals surface area contributed by atoms with Gasteiger partial charge in [0.2, 0.25) is 0 Å². The fourth-order valence-electron chi connectivity index (χ4n) is 0.203. The van der Waals surface area contributed by atoms with E-state index in [-0.39, 0.29) is 5.97 Å². The lowest BCUT2D eigenvalue weighted by molar-refractivity contribution is -0.140. The zero-order valence-corrected chi connectivity index (χ0v) is 9.23. The second-order valence-electron chi connectivity index (χ2n) is 1.57. The van der Waals surface area contributed by atoms with Crippen LogP contribution in [0.4, 0.5) is 0 Å². The molecule has 0 spiro atoms. The minimum absolute atomic E-state index is 0.211. The third kappa shape index (κ3) is 110. The van der Waals surface area contributed by atoms with Gasteiger partial charge in [0.1, 0.15) is 6.29 Å². The highest BCUT2D eigenvalue weighted by Gasteiger charge is 1.81. The van der Waals surface area contributed by atoms with E-state index in [0.717, 1.165) is 6.29 Å². The van der Waals surface area contributed by atoms with Gasteiger partial charge in [-0.2, -0.15) is 11.8 Å². The molecule has 0 saturated heterocycles. The standard InChI is InChI=1S/C4H8O2.C2H4O.C2H6S/c1-3-6-4(2)5;1-2-3;1-3-2/h3H2,1-2H3;2H,1H3;1-2H3. The van der Waals surface area contributed by atoms with E-state index >= 15 is 0 Å². The van der Waals surface area contributed by atoms with Crippen molar-refractivity contribution in [2.45, 2.75) is 20.8 Å². The van der Waals surface area contributed by atoms with E-state index in [1.54, 1.807) is 18.7 Å². The van der Waals surface area contributed by atoms with Crippen molar-refractivity contribution in [2.24, 2.45) is 0 Å². The quantitative estimate of drug-likeness (QED) is 0.471. The summed E-state index contributed by atoms with van der Waals surface area (Å²) in [5, 5.41) is 0. The molecule has 0 unspecified atom stereocenters. The lowest BCUT2D eigenvalue weighted by Gasteiger charge is -1.89. The molecular formula is C8H18O3S. The monoisotopic (exact) mass is 194 g/mol. The van der Waals surface area contributed by atoms with Crippen molar-refractivity contribution in [3.05, 3.63) is 0 Å². The van der Waals surface area contributed by atoms with Crippen LogP contribution in [0.2, 0.25) is 0 Å². The molecule has 74 valence electrons. The van der Waals surface area contributed by atoms with E-state index in [4.69, 9.17) is 4.79 Å². The molecule has 0 aliphatic heterocycles. The summed E-state index contributed by atoms with van der Waals surface area (Å²) in [5.41, 5.74) is 0. The third-order valence-electron chi connectivity index (χ3n) is 0.348. The molecule has 12 heavy (non-hydrogen) atoms. The number of hydrogen-bond donors (Lipinski definition) is 0. The second kappa shape index (κ2) is 22.4. The molecule has 0 N–H and O–H groups in total. The summed E-state index contributed by atoms with van der Waals surface area (Å²) in [5.74, 6) is -0.211. The summed E-state index contributed by atoms with van der Waals surface area (Å²) >= 11 is 1.75. The summed E-state index contributed by atoms with van der Waals surface area (Å²) in [7, 11) is 0. The Morgan fingerprint density at radius 2 is 1.75 bits per heavy atom. The number of esters is 1. The van der Waals surface area contributed by atoms with Gasteiger partial charge in [0.25, 0.3) is 0 Å². The number of carbonyl (C=O) groups excluding carboxylic acids is 2. The summed E-state index contributed by atoms with van der Waals surface area (Å²) in [6.07, 6.45) is 4.83. The Kier molecular flexibility index (Phi) is 32.8. The zero-order chi connectivity index (χ0) is 10.4. The van der Waals surface area contributed by atoms with Crippen molar-refractivity contribution in [3.8, 4) is 0 Å². The molecular weight excluding hydrogens is 176 g/mol. The topological polar surface area (TPSA) is 43.4 Å². The molecule has 0 saturated carbocycles. The van der Waals surface area contributed by atoms with Gasteiger partial charge in [-0.25, -0.2) is 0 Å². The van der Waals surface area contributed by atoms with E-state index < -0.39 is 0 Å². The third-order valence-corrected chi connectivity index (χ3v) is 0.348. The Morgan fingerprint density at radius 3 is 1.75 bits per heavy atom. The zero-order valence-electron chi connectivity index (χ0n) is 8.42. The fourth-order valence-corrected chi connectivity index (χ4v) is 0.203. The van der Waals surface area contributed by atoms with Gasteiger partial charge in [0.05, 0.1) is 6.61 Å². The van der Waals surface area contributed by atoms with Crippen LogP contribution in [0.3, 0.4) is 0 Å². The van der Waals surface area contributed by atoms with Gasteiger partial charge in [-0.1, -0.05) is 0 Å². The average molecular weight is 194 g/mol. The van der Waals surface area contributed by atoms with Crippen LogP contribution in [0.25, 0.3) is 0 Å². The van der Waals surface area contributed by atoms with Gasteiger partial charge >= 0.3 is 5.97 Å². The highest BCUT2D eigenvalue weighted by Crippen LogP contribution is 1.70. The molecule has 0 aromatic rings. The molecule has 0 amide bonds. The summed E-state index contributed by atoms with van der Waals surface area (Å²) in [6, 6.07) is 0. The van der Waals surface area contributed by atoms with E-state index in [2.05, 4.69) is 4.74 Å². The lowest BCUT2D eigenvalue weighted by Crippen LogP contribution is -1.95.